The van der Waals surface area contributed by atoms with Crippen LogP contribution in [0, 0.1) is 21.4 Å². The number of aromatic nitrogens is 2. The fourth-order valence-corrected chi connectivity index (χ4v) is 1.89. The number of nitro groups is 1. The summed E-state index contributed by atoms with van der Waals surface area (Å²) in [5, 5.41) is 26.6. The average molecular weight is 320 g/mol. The number of carbonyl (C=O) groups excluding carboxylic acids is 1. The summed E-state index contributed by atoms with van der Waals surface area (Å²) in [6, 6.07) is 5.49. The molecule has 0 saturated carbocycles. The lowest BCUT2D eigenvalue weighted by Crippen LogP contribution is -2.15. The summed E-state index contributed by atoms with van der Waals surface area (Å²) in [6.45, 7) is 0.327. The standard InChI is InChI=1S/C13H10ClN5O3/c14-10-7-16-18(8-10)4-3-13(20)17-12-2-1-11(19(21)22)5-9(12)6-15/h1-2,5,7-8H,3-4H2,(H,17,20). The Kier molecular flexibility index (Phi) is 4.70. The van der Waals surface area contributed by atoms with Gasteiger partial charge in [0.05, 0.1) is 27.4 Å². The molecule has 0 unspecified atom stereocenters. The number of carbonyl (C=O) groups is 1. The third-order valence-corrected chi connectivity index (χ3v) is 2.97. The molecule has 2 rings (SSSR count). The number of non-ortho nitro benzene ring substituents is 1. The van der Waals surface area contributed by atoms with Crippen molar-refractivity contribution < 1.29 is 9.72 Å². The van der Waals surface area contributed by atoms with Crippen LogP contribution in [0.25, 0.3) is 0 Å². The van der Waals surface area contributed by atoms with Crippen molar-refractivity contribution in [2.45, 2.75) is 13.0 Å². The molecule has 2 aromatic rings. The summed E-state index contributed by atoms with van der Waals surface area (Å²) in [7, 11) is 0. The maximum absolute atomic E-state index is 11.9. The first-order valence-corrected chi connectivity index (χ1v) is 6.53. The van der Waals surface area contributed by atoms with Crippen molar-refractivity contribution >= 4 is 28.9 Å². The Morgan fingerprint density at radius 3 is 2.91 bits per heavy atom. The first kappa shape index (κ1) is 15.5. The van der Waals surface area contributed by atoms with Crippen LogP contribution in [0.3, 0.4) is 0 Å². The van der Waals surface area contributed by atoms with E-state index in [0.717, 1.165) is 6.07 Å². The Balaban J connectivity index is 2.02. The third kappa shape index (κ3) is 3.80. The minimum absolute atomic E-state index is 0.0321. The Bertz CT molecular complexity index is 765. The summed E-state index contributed by atoms with van der Waals surface area (Å²) < 4.78 is 1.52. The number of benzene rings is 1. The van der Waals surface area contributed by atoms with Gasteiger partial charge in [0.15, 0.2) is 0 Å². The normalized spacial score (nSPS) is 10.0. The zero-order valence-corrected chi connectivity index (χ0v) is 11.9. The molecule has 1 heterocycles. The number of anilines is 1. The topological polar surface area (TPSA) is 114 Å². The highest BCUT2D eigenvalue weighted by Crippen LogP contribution is 2.21. The molecule has 0 saturated heterocycles. The van der Waals surface area contributed by atoms with E-state index in [1.165, 1.54) is 23.0 Å². The number of nitriles is 1. The molecule has 1 N–H and O–H groups in total. The molecule has 9 heteroatoms. The summed E-state index contributed by atoms with van der Waals surface area (Å²) in [5.41, 5.74) is 0.0574. The van der Waals surface area contributed by atoms with Gasteiger partial charge in [0.1, 0.15) is 6.07 Å². The summed E-state index contributed by atoms with van der Waals surface area (Å²) in [4.78, 5) is 21.9. The second-order valence-corrected chi connectivity index (χ2v) is 4.76. The van der Waals surface area contributed by atoms with Gasteiger partial charge < -0.3 is 5.32 Å². The van der Waals surface area contributed by atoms with Crippen LogP contribution < -0.4 is 5.32 Å². The van der Waals surface area contributed by atoms with Gasteiger partial charge in [-0.1, -0.05) is 11.6 Å². The molecule has 1 amide bonds. The number of nitro benzene ring substituents is 1. The molecular formula is C13H10ClN5O3. The molecule has 22 heavy (non-hydrogen) atoms. The fraction of sp³-hybridized carbons (Fsp3) is 0.154. The molecule has 0 spiro atoms. The molecule has 8 nitrogen and oxygen atoms in total. The first-order chi connectivity index (χ1) is 10.5. The van der Waals surface area contributed by atoms with Crippen molar-refractivity contribution in [2.75, 3.05) is 5.32 Å². The number of rotatable bonds is 5. The molecule has 1 aromatic carbocycles. The SMILES string of the molecule is N#Cc1cc([N+](=O)[O-])ccc1NC(=O)CCn1cc(Cl)cn1. The number of amides is 1. The quantitative estimate of drug-likeness (QED) is 0.671. The number of aryl methyl sites for hydroxylation is 1. The fourth-order valence-electron chi connectivity index (χ4n) is 1.74. The predicted molar refractivity (Wildman–Crippen MR) is 78.3 cm³/mol. The smallest absolute Gasteiger partial charge is 0.270 e. The Labute approximate surface area is 130 Å². The third-order valence-electron chi connectivity index (χ3n) is 2.78. The largest absolute Gasteiger partial charge is 0.325 e. The van der Waals surface area contributed by atoms with Gasteiger partial charge in [-0.15, -0.1) is 0 Å². The first-order valence-electron chi connectivity index (χ1n) is 6.16. The van der Waals surface area contributed by atoms with Gasteiger partial charge in [0.25, 0.3) is 5.69 Å². The van der Waals surface area contributed by atoms with Crippen molar-refractivity contribution in [1.82, 2.24) is 9.78 Å². The highest BCUT2D eigenvalue weighted by atomic mass is 35.5. The molecule has 1 aromatic heterocycles. The van der Waals surface area contributed by atoms with Gasteiger partial charge in [0, 0.05) is 31.3 Å². The Morgan fingerprint density at radius 2 is 2.32 bits per heavy atom. The summed E-state index contributed by atoms with van der Waals surface area (Å²) >= 11 is 5.71. The number of hydrogen-bond donors (Lipinski definition) is 1. The van der Waals surface area contributed by atoms with E-state index in [0.29, 0.717) is 11.6 Å². The van der Waals surface area contributed by atoms with Crippen LogP contribution in [-0.4, -0.2) is 20.6 Å². The van der Waals surface area contributed by atoms with Crippen LogP contribution in [0.2, 0.25) is 5.02 Å². The van der Waals surface area contributed by atoms with E-state index >= 15 is 0 Å². The van der Waals surface area contributed by atoms with E-state index in [4.69, 9.17) is 16.9 Å². The van der Waals surface area contributed by atoms with Crippen LogP contribution in [-0.2, 0) is 11.3 Å². The van der Waals surface area contributed by atoms with Gasteiger partial charge >= 0.3 is 0 Å². The van der Waals surface area contributed by atoms with Gasteiger partial charge in [-0.25, -0.2) is 0 Å². The zero-order valence-electron chi connectivity index (χ0n) is 11.2. The van der Waals surface area contributed by atoms with Crippen LogP contribution in [0.1, 0.15) is 12.0 Å². The maximum atomic E-state index is 11.9. The van der Waals surface area contributed by atoms with Crippen LogP contribution in [0.4, 0.5) is 11.4 Å². The molecule has 0 bridgehead atoms. The molecule has 112 valence electrons. The maximum Gasteiger partial charge on any atom is 0.270 e. The molecule has 0 aliphatic heterocycles. The molecule has 0 aliphatic carbocycles. The highest BCUT2D eigenvalue weighted by molar-refractivity contribution is 6.30. The molecular weight excluding hydrogens is 310 g/mol. The van der Waals surface area contributed by atoms with Gasteiger partial charge in [-0.2, -0.15) is 10.4 Å². The second-order valence-electron chi connectivity index (χ2n) is 4.32. The highest BCUT2D eigenvalue weighted by Gasteiger charge is 2.12. The van der Waals surface area contributed by atoms with Gasteiger partial charge in [0.2, 0.25) is 5.91 Å². The lowest BCUT2D eigenvalue weighted by molar-refractivity contribution is -0.384. The number of hydrogen-bond acceptors (Lipinski definition) is 5. The van der Waals surface area contributed by atoms with E-state index in [9.17, 15) is 14.9 Å². The average Bonchev–Trinajstić information content (AvgIpc) is 2.91. The minimum Gasteiger partial charge on any atom is -0.325 e. The molecule has 0 radical (unpaired) electrons. The minimum atomic E-state index is -0.603. The van der Waals surface area contributed by atoms with Crippen molar-refractivity contribution in [3.8, 4) is 6.07 Å². The van der Waals surface area contributed by atoms with Gasteiger partial charge in [-0.3, -0.25) is 19.6 Å². The second kappa shape index (κ2) is 6.69. The Morgan fingerprint density at radius 1 is 1.55 bits per heavy atom. The van der Waals surface area contributed by atoms with Crippen LogP contribution in [0.15, 0.2) is 30.6 Å². The summed E-state index contributed by atoms with van der Waals surface area (Å²) in [5.74, 6) is -0.336. The van der Waals surface area contributed by atoms with E-state index in [-0.39, 0.29) is 29.3 Å². The number of nitrogens with one attached hydrogen (secondary N) is 1. The number of halogens is 1. The van der Waals surface area contributed by atoms with Crippen LogP contribution >= 0.6 is 11.6 Å². The molecule has 0 fully saturated rings. The van der Waals surface area contributed by atoms with Crippen molar-refractivity contribution in [3.05, 3.63) is 51.3 Å². The van der Waals surface area contributed by atoms with Crippen molar-refractivity contribution in [2.24, 2.45) is 0 Å². The lowest BCUT2D eigenvalue weighted by Gasteiger charge is -2.07. The van der Waals surface area contributed by atoms with E-state index < -0.39 is 4.92 Å². The lowest BCUT2D eigenvalue weighted by atomic mass is 10.1. The van der Waals surface area contributed by atoms with E-state index in [1.807, 2.05) is 6.07 Å². The van der Waals surface area contributed by atoms with Crippen molar-refractivity contribution in [3.63, 3.8) is 0 Å². The van der Waals surface area contributed by atoms with Gasteiger partial charge in [-0.05, 0) is 6.07 Å². The van der Waals surface area contributed by atoms with Crippen molar-refractivity contribution in [1.29, 1.82) is 5.26 Å². The number of nitrogens with zero attached hydrogens (tertiary/aromatic N) is 4. The van der Waals surface area contributed by atoms with Crippen LogP contribution in [0.5, 0.6) is 0 Å². The Hall–Kier alpha value is -2.92. The molecule has 0 atom stereocenters. The summed E-state index contributed by atoms with van der Waals surface area (Å²) in [6.07, 6.45) is 3.17. The monoisotopic (exact) mass is 319 g/mol. The predicted octanol–water partition coefficient (Wildman–Crippen LogP) is 2.35. The molecule has 0 aliphatic rings. The van der Waals surface area contributed by atoms with E-state index in [2.05, 4.69) is 10.4 Å². The zero-order chi connectivity index (χ0) is 16.1. The van der Waals surface area contributed by atoms with E-state index in [1.54, 1.807) is 6.20 Å².